The van der Waals surface area contributed by atoms with Crippen molar-refractivity contribution in [3.8, 4) is 0 Å². The average Bonchev–Trinajstić information content (AvgIpc) is 1.98. The third-order valence-corrected chi connectivity index (χ3v) is 1.41. The number of hydrogen-bond donors (Lipinski definition) is 3. The lowest BCUT2D eigenvalue weighted by Crippen LogP contribution is -2.47. The Bertz CT molecular complexity index is 130. The Labute approximate surface area is 70.7 Å². The summed E-state index contributed by atoms with van der Waals surface area (Å²) in [5.41, 5.74) is 5.30. The number of alkyl halides is 1. The number of carbonyl (C=O) groups excluding carboxylic acids is 1. The largest absolute Gasteiger partial charge is 0.391 e. The summed E-state index contributed by atoms with van der Waals surface area (Å²) in [6, 6.07) is -0.863. The van der Waals surface area contributed by atoms with Crippen LogP contribution in [-0.4, -0.2) is 35.6 Å². The van der Waals surface area contributed by atoms with Crippen LogP contribution in [0.3, 0.4) is 0 Å². The zero-order valence-corrected chi connectivity index (χ0v) is 7.14. The third kappa shape index (κ3) is 4.19. The monoisotopic (exact) mass is 180 g/mol. The van der Waals surface area contributed by atoms with Gasteiger partial charge in [-0.05, 0) is 6.92 Å². The number of amides is 1. The van der Waals surface area contributed by atoms with Crippen LogP contribution in [0.15, 0.2) is 0 Å². The maximum Gasteiger partial charge on any atom is 0.239 e. The summed E-state index contributed by atoms with van der Waals surface area (Å²) < 4.78 is 0. The van der Waals surface area contributed by atoms with Gasteiger partial charge in [0.15, 0.2) is 0 Å². The summed E-state index contributed by atoms with van der Waals surface area (Å²) in [5.74, 6) is -0.0289. The Morgan fingerprint density at radius 1 is 1.82 bits per heavy atom. The molecule has 2 unspecified atom stereocenters. The van der Waals surface area contributed by atoms with E-state index in [1.165, 1.54) is 6.92 Å². The molecule has 0 heterocycles. The fourth-order valence-corrected chi connectivity index (χ4v) is 0.602. The van der Waals surface area contributed by atoms with Crippen molar-refractivity contribution < 1.29 is 9.90 Å². The van der Waals surface area contributed by atoms with E-state index < -0.39 is 12.1 Å². The van der Waals surface area contributed by atoms with Crippen LogP contribution >= 0.6 is 11.6 Å². The minimum absolute atomic E-state index is 0.346. The number of carbonyl (C=O) groups is 1. The minimum atomic E-state index is -0.863. The number of hydrogen-bond acceptors (Lipinski definition) is 3. The quantitative estimate of drug-likeness (QED) is 0.489. The van der Waals surface area contributed by atoms with Gasteiger partial charge in [-0.2, -0.15) is 0 Å². The summed E-state index contributed by atoms with van der Waals surface area (Å²) in [6.07, 6.45) is -0.828. The van der Waals surface area contributed by atoms with E-state index in [1.54, 1.807) is 0 Å². The molecule has 0 aliphatic carbocycles. The molecule has 1 amide bonds. The fourth-order valence-electron chi connectivity index (χ4n) is 0.507. The normalized spacial score (nSPS) is 15.6. The van der Waals surface area contributed by atoms with E-state index in [1.807, 2.05) is 0 Å². The van der Waals surface area contributed by atoms with E-state index in [4.69, 9.17) is 22.4 Å². The molecule has 0 aliphatic rings. The topological polar surface area (TPSA) is 75.3 Å². The molecule has 0 bridgehead atoms. The van der Waals surface area contributed by atoms with Crippen LogP contribution in [0.5, 0.6) is 0 Å². The number of aliphatic hydroxyl groups excluding tert-OH is 1. The number of aliphatic hydroxyl groups is 1. The molecule has 0 aromatic carbocycles. The van der Waals surface area contributed by atoms with Crippen LogP contribution in [0, 0.1) is 0 Å². The molecular formula is C6H13ClN2O2. The van der Waals surface area contributed by atoms with Gasteiger partial charge in [-0.3, -0.25) is 4.79 Å². The first-order valence-corrected chi connectivity index (χ1v) is 3.90. The van der Waals surface area contributed by atoms with Crippen LogP contribution in [0.25, 0.3) is 0 Å². The third-order valence-electron chi connectivity index (χ3n) is 1.22. The first-order valence-electron chi connectivity index (χ1n) is 3.37. The zero-order chi connectivity index (χ0) is 8.85. The second-order valence-electron chi connectivity index (χ2n) is 2.25. The lowest BCUT2D eigenvalue weighted by Gasteiger charge is -2.13. The van der Waals surface area contributed by atoms with Crippen LogP contribution < -0.4 is 11.1 Å². The van der Waals surface area contributed by atoms with Crippen molar-refractivity contribution in [1.82, 2.24) is 5.32 Å². The summed E-state index contributed by atoms with van der Waals surface area (Å²) in [7, 11) is 0. The number of rotatable bonds is 4. The Hall–Kier alpha value is -0.320. The molecule has 66 valence electrons. The Morgan fingerprint density at radius 3 is 2.73 bits per heavy atom. The van der Waals surface area contributed by atoms with Crippen molar-refractivity contribution in [2.75, 3.05) is 12.4 Å². The molecule has 0 fully saturated rings. The smallest absolute Gasteiger partial charge is 0.239 e. The molecule has 0 aliphatic heterocycles. The second kappa shape index (κ2) is 5.35. The van der Waals surface area contributed by atoms with Crippen molar-refractivity contribution in [1.29, 1.82) is 0 Å². The molecule has 4 nitrogen and oxygen atoms in total. The molecule has 0 spiro atoms. The highest BCUT2D eigenvalue weighted by atomic mass is 35.5. The van der Waals surface area contributed by atoms with Crippen LogP contribution in [0.1, 0.15) is 6.92 Å². The first kappa shape index (κ1) is 10.7. The standard InChI is InChI=1S/C6H13ClN2O2/c1-4(10)5(8)6(11)9-3-2-7/h4-5,10H,2-3,8H2,1H3,(H,9,11). The molecule has 11 heavy (non-hydrogen) atoms. The molecule has 0 aromatic heterocycles. The summed E-state index contributed by atoms with van der Waals surface area (Å²) in [6.45, 7) is 1.84. The van der Waals surface area contributed by atoms with Gasteiger partial charge in [0.25, 0.3) is 0 Å². The van der Waals surface area contributed by atoms with Gasteiger partial charge in [-0.1, -0.05) is 0 Å². The summed E-state index contributed by atoms with van der Waals surface area (Å²) in [5, 5.41) is 11.3. The van der Waals surface area contributed by atoms with Crippen molar-refractivity contribution in [2.24, 2.45) is 5.73 Å². The Morgan fingerprint density at radius 2 is 2.36 bits per heavy atom. The van der Waals surface area contributed by atoms with Gasteiger partial charge in [-0.15, -0.1) is 11.6 Å². The highest BCUT2D eigenvalue weighted by Crippen LogP contribution is 1.87. The van der Waals surface area contributed by atoms with Gasteiger partial charge in [0.2, 0.25) is 5.91 Å². The first-order chi connectivity index (χ1) is 5.09. The lowest BCUT2D eigenvalue weighted by molar-refractivity contribution is -0.124. The van der Waals surface area contributed by atoms with Gasteiger partial charge in [-0.25, -0.2) is 0 Å². The van der Waals surface area contributed by atoms with Crippen LogP contribution in [-0.2, 0) is 4.79 Å². The van der Waals surface area contributed by atoms with E-state index in [0.29, 0.717) is 12.4 Å². The predicted octanol–water partition coefficient (Wildman–Crippen LogP) is -0.950. The molecule has 0 radical (unpaired) electrons. The van der Waals surface area contributed by atoms with E-state index >= 15 is 0 Å². The van der Waals surface area contributed by atoms with Crippen molar-refractivity contribution in [3.05, 3.63) is 0 Å². The predicted molar refractivity (Wildman–Crippen MR) is 43.4 cm³/mol. The number of nitrogens with two attached hydrogens (primary N) is 1. The molecule has 4 N–H and O–H groups in total. The van der Waals surface area contributed by atoms with Crippen molar-refractivity contribution >= 4 is 17.5 Å². The van der Waals surface area contributed by atoms with Crippen LogP contribution in [0.2, 0.25) is 0 Å². The molecule has 0 saturated heterocycles. The van der Waals surface area contributed by atoms with Gasteiger partial charge < -0.3 is 16.2 Å². The van der Waals surface area contributed by atoms with Crippen LogP contribution in [0.4, 0.5) is 0 Å². The molecule has 0 saturated carbocycles. The van der Waals surface area contributed by atoms with E-state index in [-0.39, 0.29) is 5.91 Å². The highest BCUT2D eigenvalue weighted by Gasteiger charge is 2.17. The van der Waals surface area contributed by atoms with Gasteiger partial charge in [0, 0.05) is 12.4 Å². The number of nitrogens with one attached hydrogen (secondary N) is 1. The lowest BCUT2D eigenvalue weighted by atomic mass is 10.2. The minimum Gasteiger partial charge on any atom is -0.391 e. The molecule has 0 aromatic rings. The molecule has 5 heteroatoms. The molecule has 0 rings (SSSR count). The van der Waals surface area contributed by atoms with E-state index in [0.717, 1.165) is 0 Å². The Kier molecular flexibility index (Phi) is 5.19. The van der Waals surface area contributed by atoms with Crippen molar-refractivity contribution in [2.45, 2.75) is 19.1 Å². The summed E-state index contributed by atoms with van der Waals surface area (Å²) in [4.78, 5) is 10.9. The maximum atomic E-state index is 10.9. The van der Waals surface area contributed by atoms with Gasteiger partial charge in [0.1, 0.15) is 6.04 Å². The molecule has 2 atom stereocenters. The second-order valence-corrected chi connectivity index (χ2v) is 2.62. The zero-order valence-electron chi connectivity index (χ0n) is 6.38. The van der Waals surface area contributed by atoms with Gasteiger partial charge in [0.05, 0.1) is 6.10 Å². The highest BCUT2D eigenvalue weighted by molar-refractivity contribution is 6.18. The number of halogens is 1. The van der Waals surface area contributed by atoms with E-state index in [2.05, 4.69) is 5.32 Å². The van der Waals surface area contributed by atoms with Crippen molar-refractivity contribution in [3.63, 3.8) is 0 Å². The van der Waals surface area contributed by atoms with E-state index in [9.17, 15) is 4.79 Å². The molecular weight excluding hydrogens is 168 g/mol. The Balaban J connectivity index is 3.64. The van der Waals surface area contributed by atoms with Gasteiger partial charge >= 0.3 is 0 Å². The summed E-state index contributed by atoms with van der Waals surface area (Å²) >= 11 is 5.31. The average molecular weight is 181 g/mol. The maximum absolute atomic E-state index is 10.9. The SMILES string of the molecule is CC(O)C(N)C(=O)NCCCl. The fraction of sp³-hybridized carbons (Fsp3) is 0.833.